The van der Waals surface area contributed by atoms with E-state index in [4.69, 9.17) is 5.11 Å². The van der Waals surface area contributed by atoms with Crippen LogP contribution in [-0.4, -0.2) is 37.4 Å². The molecule has 0 aliphatic carbocycles. The van der Waals surface area contributed by atoms with Crippen LogP contribution in [-0.2, 0) is 0 Å². The molecular weight excluding hydrogens is 202 g/mol. The lowest BCUT2D eigenvalue weighted by Crippen LogP contribution is -2.41. The lowest BCUT2D eigenvalue weighted by molar-refractivity contribution is 0.300. The fraction of sp³-hybridized carbons (Fsp3) is 0.500. The molecule has 2 rings (SSSR count). The second-order valence-corrected chi connectivity index (χ2v) is 4.06. The van der Waals surface area contributed by atoms with Crippen molar-refractivity contribution in [3.05, 3.63) is 30.3 Å². The number of nitrogens with one attached hydrogen (secondary N) is 2. The Morgan fingerprint density at radius 2 is 2.12 bits per heavy atom. The van der Waals surface area contributed by atoms with Crippen molar-refractivity contribution >= 4 is 5.69 Å². The Labute approximate surface area is 96.2 Å². The van der Waals surface area contributed by atoms with Crippen LogP contribution in [0.3, 0.4) is 0 Å². The predicted molar refractivity (Wildman–Crippen MR) is 65.3 cm³/mol. The van der Waals surface area contributed by atoms with Gasteiger partial charge in [-0.05, 0) is 18.6 Å². The minimum atomic E-state index is 0.190. The lowest BCUT2D eigenvalue weighted by atomic mass is 10.2. The zero-order valence-corrected chi connectivity index (χ0v) is 9.39. The first-order chi connectivity index (χ1) is 7.90. The van der Waals surface area contributed by atoms with E-state index < -0.39 is 0 Å². The van der Waals surface area contributed by atoms with E-state index in [1.54, 1.807) is 0 Å². The van der Waals surface area contributed by atoms with Gasteiger partial charge in [-0.15, -0.1) is 0 Å². The number of hydrogen-bond acceptors (Lipinski definition) is 4. The molecule has 16 heavy (non-hydrogen) atoms. The Morgan fingerprint density at radius 3 is 2.75 bits per heavy atom. The normalized spacial score (nSPS) is 19.9. The second-order valence-electron chi connectivity index (χ2n) is 4.06. The number of aliphatic hydroxyl groups is 1. The third-order valence-electron chi connectivity index (χ3n) is 2.86. The summed E-state index contributed by atoms with van der Waals surface area (Å²) in [5.74, 6) is 0. The van der Waals surface area contributed by atoms with E-state index in [2.05, 4.69) is 27.9 Å². The van der Waals surface area contributed by atoms with E-state index in [0.717, 1.165) is 19.5 Å². The van der Waals surface area contributed by atoms with E-state index in [9.17, 15) is 0 Å². The molecule has 4 nitrogen and oxygen atoms in total. The Hall–Kier alpha value is -1.10. The summed E-state index contributed by atoms with van der Waals surface area (Å²) in [6.07, 6.45) is 1.13. The van der Waals surface area contributed by atoms with Crippen molar-refractivity contribution in [1.82, 2.24) is 10.9 Å². The van der Waals surface area contributed by atoms with Gasteiger partial charge in [-0.1, -0.05) is 18.2 Å². The SMILES string of the molecule is OCCN(CC1CCNN1)c1ccccc1. The van der Waals surface area contributed by atoms with Crippen LogP contribution < -0.4 is 15.8 Å². The molecule has 1 fully saturated rings. The molecule has 1 atom stereocenters. The summed E-state index contributed by atoms with van der Waals surface area (Å²) >= 11 is 0. The standard InChI is InChI=1S/C12H19N3O/c16-9-8-15(10-11-6-7-13-14-11)12-4-2-1-3-5-12/h1-5,11,13-14,16H,6-10H2. The summed E-state index contributed by atoms with van der Waals surface area (Å²) in [4.78, 5) is 2.21. The topological polar surface area (TPSA) is 47.5 Å². The number of nitrogens with zero attached hydrogens (tertiary/aromatic N) is 1. The van der Waals surface area contributed by atoms with E-state index in [0.29, 0.717) is 12.6 Å². The highest BCUT2D eigenvalue weighted by Gasteiger charge is 2.17. The van der Waals surface area contributed by atoms with Gasteiger partial charge >= 0.3 is 0 Å². The molecule has 0 bridgehead atoms. The maximum Gasteiger partial charge on any atom is 0.0606 e. The molecule has 1 aromatic carbocycles. The molecule has 0 aromatic heterocycles. The Bertz CT molecular complexity index is 298. The highest BCUT2D eigenvalue weighted by atomic mass is 16.3. The number of hydrogen-bond donors (Lipinski definition) is 3. The first-order valence-corrected chi connectivity index (χ1v) is 5.79. The third-order valence-corrected chi connectivity index (χ3v) is 2.86. The summed E-state index contributed by atoms with van der Waals surface area (Å²) in [6.45, 7) is 2.82. The maximum absolute atomic E-state index is 9.09. The van der Waals surface area contributed by atoms with Crippen LogP contribution in [0.1, 0.15) is 6.42 Å². The molecule has 1 aliphatic rings. The predicted octanol–water partition coefficient (Wildman–Crippen LogP) is 0.352. The van der Waals surface area contributed by atoms with Crippen molar-refractivity contribution in [3.8, 4) is 0 Å². The van der Waals surface area contributed by atoms with E-state index in [-0.39, 0.29) is 6.61 Å². The molecule has 0 radical (unpaired) electrons. The molecule has 3 N–H and O–H groups in total. The van der Waals surface area contributed by atoms with E-state index in [1.807, 2.05) is 18.2 Å². The largest absolute Gasteiger partial charge is 0.395 e. The maximum atomic E-state index is 9.09. The van der Waals surface area contributed by atoms with Crippen LogP contribution in [0.2, 0.25) is 0 Å². The van der Waals surface area contributed by atoms with Crippen LogP contribution in [0.25, 0.3) is 0 Å². The summed E-state index contributed by atoms with van der Waals surface area (Å²) < 4.78 is 0. The molecule has 0 amide bonds. The first-order valence-electron chi connectivity index (χ1n) is 5.79. The average molecular weight is 221 g/mol. The average Bonchev–Trinajstić information content (AvgIpc) is 2.83. The fourth-order valence-corrected chi connectivity index (χ4v) is 2.02. The highest BCUT2D eigenvalue weighted by Crippen LogP contribution is 2.14. The van der Waals surface area contributed by atoms with Crippen molar-refractivity contribution in [2.45, 2.75) is 12.5 Å². The van der Waals surface area contributed by atoms with Gasteiger partial charge in [-0.25, -0.2) is 0 Å². The summed E-state index contributed by atoms with van der Waals surface area (Å²) in [7, 11) is 0. The van der Waals surface area contributed by atoms with Crippen LogP contribution in [0.5, 0.6) is 0 Å². The third kappa shape index (κ3) is 2.95. The zero-order chi connectivity index (χ0) is 11.2. The molecular formula is C12H19N3O. The van der Waals surface area contributed by atoms with Crippen molar-refractivity contribution in [2.24, 2.45) is 0 Å². The summed E-state index contributed by atoms with van der Waals surface area (Å²) in [6, 6.07) is 10.7. The van der Waals surface area contributed by atoms with Gasteiger partial charge in [0.05, 0.1) is 6.61 Å². The van der Waals surface area contributed by atoms with Crippen molar-refractivity contribution in [1.29, 1.82) is 0 Å². The van der Waals surface area contributed by atoms with Gasteiger partial charge in [-0.3, -0.25) is 10.9 Å². The molecule has 88 valence electrons. The molecule has 1 heterocycles. The Kier molecular flexibility index (Phi) is 4.16. The summed E-state index contributed by atoms with van der Waals surface area (Å²) in [5, 5.41) is 9.09. The van der Waals surface area contributed by atoms with E-state index >= 15 is 0 Å². The van der Waals surface area contributed by atoms with Crippen LogP contribution >= 0.6 is 0 Å². The molecule has 1 saturated heterocycles. The minimum absolute atomic E-state index is 0.190. The van der Waals surface area contributed by atoms with Crippen molar-refractivity contribution in [3.63, 3.8) is 0 Å². The van der Waals surface area contributed by atoms with Crippen LogP contribution in [0.4, 0.5) is 5.69 Å². The number of para-hydroxylation sites is 1. The smallest absolute Gasteiger partial charge is 0.0606 e. The zero-order valence-electron chi connectivity index (χ0n) is 9.39. The molecule has 1 aromatic rings. The van der Waals surface area contributed by atoms with Crippen LogP contribution in [0.15, 0.2) is 30.3 Å². The molecule has 1 aliphatic heterocycles. The minimum Gasteiger partial charge on any atom is -0.395 e. The number of benzene rings is 1. The van der Waals surface area contributed by atoms with Gasteiger partial charge in [-0.2, -0.15) is 0 Å². The molecule has 4 heteroatoms. The number of aliphatic hydroxyl groups excluding tert-OH is 1. The van der Waals surface area contributed by atoms with Crippen molar-refractivity contribution < 1.29 is 5.11 Å². The fourth-order valence-electron chi connectivity index (χ4n) is 2.02. The number of hydrazine groups is 1. The summed E-state index contributed by atoms with van der Waals surface area (Å²) in [5.41, 5.74) is 7.55. The van der Waals surface area contributed by atoms with Gasteiger partial charge in [0.15, 0.2) is 0 Å². The van der Waals surface area contributed by atoms with Gasteiger partial charge in [0, 0.05) is 31.4 Å². The quantitative estimate of drug-likeness (QED) is 0.671. The first kappa shape index (κ1) is 11.4. The highest BCUT2D eigenvalue weighted by molar-refractivity contribution is 5.46. The van der Waals surface area contributed by atoms with Gasteiger partial charge in [0.2, 0.25) is 0 Å². The molecule has 0 spiro atoms. The Balaban J connectivity index is 1.99. The number of rotatable bonds is 5. The molecule has 1 unspecified atom stereocenters. The van der Waals surface area contributed by atoms with Gasteiger partial charge in [0.25, 0.3) is 0 Å². The number of anilines is 1. The van der Waals surface area contributed by atoms with Gasteiger partial charge < -0.3 is 10.0 Å². The lowest BCUT2D eigenvalue weighted by Gasteiger charge is -2.26. The Morgan fingerprint density at radius 1 is 1.31 bits per heavy atom. The molecule has 0 saturated carbocycles. The van der Waals surface area contributed by atoms with Crippen molar-refractivity contribution in [2.75, 3.05) is 31.1 Å². The van der Waals surface area contributed by atoms with E-state index in [1.165, 1.54) is 5.69 Å². The second kappa shape index (κ2) is 5.84. The monoisotopic (exact) mass is 221 g/mol. The van der Waals surface area contributed by atoms with Crippen LogP contribution in [0, 0.1) is 0 Å². The van der Waals surface area contributed by atoms with Gasteiger partial charge in [0.1, 0.15) is 0 Å².